The zero-order valence-electron chi connectivity index (χ0n) is 33.0. The first-order valence-electron chi connectivity index (χ1n) is 18.7. The van der Waals surface area contributed by atoms with Crippen LogP contribution in [0.4, 0.5) is 17.1 Å². The quantitative estimate of drug-likeness (QED) is 0.0539. The van der Waals surface area contributed by atoms with Crippen LogP contribution in [0.2, 0.25) is 0 Å². The molecule has 1 radical (unpaired) electrons. The minimum absolute atomic E-state index is 0. The molecule has 0 spiro atoms. The van der Waals surface area contributed by atoms with Crippen molar-refractivity contribution in [2.24, 2.45) is 0 Å². The van der Waals surface area contributed by atoms with E-state index in [1.807, 2.05) is 69.3 Å². The minimum Gasteiger partial charge on any atom is -0.494 e. The number of hydrogen-bond donors (Lipinski definition) is 3. The van der Waals surface area contributed by atoms with Crippen molar-refractivity contribution in [2.75, 3.05) is 29.9 Å². The summed E-state index contributed by atoms with van der Waals surface area (Å²) in [4.78, 5) is 1.87. The molecule has 5 aromatic carbocycles. The van der Waals surface area contributed by atoms with Crippen LogP contribution < -0.4 is 15.0 Å². The Bertz CT molecular complexity index is 2550. The number of benzene rings is 5. The third-order valence-electron chi connectivity index (χ3n) is 9.57. The van der Waals surface area contributed by atoms with E-state index in [0.29, 0.717) is 32.8 Å². The molecule has 0 aromatic heterocycles. The van der Waals surface area contributed by atoms with Gasteiger partial charge in [-0.05, 0) is 134 Å². The van der Waals surface area contributed by atoms with Gasteiger partial charge >= 0.3 is 0 Å². The summed E-state index contributed by atoms with van der Waals surface area (Å²) in [6, 6.07) is 37.1. The number of ether oxygens (including phenoxy) is 1. The van der Waals surface area contributed by atoms with Crippen molar-refractivity contribution in [2.45, 2.75) is 43.7 Å². The molecule has 13 heteroatoms. The Hall–Kier alpha value is -4.79. The van der Waals surface area contributed by atoms with Gasteiger partial charge in [-0.25, -0.2) is 4.58 Å². The number of anilines is 3. The van der Waals surface area contributed by atoms with Crippen molar-refractivity contribution in [3.8, 4) is 5.75 Å². The molecule has 3 N–H and O–H groups in total. The second-order valence-corrected chi connectivity index (χ2v) is 16.2. The van der Waals surface area contributed by atoms with Gasteiger partial charge in [0.1, 0.15) is 12.3 Å². The summed E-state index contributed by atoms with van der Waals surface area (Å²) in [5, 5.41) is 3.46. The molecule has 0 saturated carbocycles. The van der Waals surface area contributed by atoms with E-state index in [-0.39, 0.29) is 39.3 Å². The molecule has 58 heavy (non-hydrogen) atoms. The summed E-state index contributed by atoms with van der Waals surface area (Å²) >= 11 is 0. The molecule has 1 aliphatic rings. The molecule has 6 rings (SSSR count). The Morgan fingerprint density at radius 3 is 1.71 bits per heavy atom. The third kappa shape index (κ3) is 11.4. The first-order valence-corrected chi connectivity index (χ1v) is 21.5. The molecular formula is C45H46N3NaO7S2+. The van der Waals surface area contributed by atoms with E-state index in [9.17, 15) is 25.9 Å². The van der Waals surface area contributed by atoms with Crippen LogP contribution in [0.15, 0.2) is 161 Å². The fourth-order valence-electron chi connectivity index (χ4n) is 6.69. The molecular weight excluding hydrogens is 782 g/mol. The zero-order valence-corrected chi connectivity index (χ0v) is 36.7. The predicted octanol–water partition coefficient (Wildman–Crippen LogP) is 8.57. The van der Waals surface area contributed by atoms with E-state index < -0.39 is 20.2 Å². The standard InChI is InChI=1S/C45H45N3O7S2.Na/c1-4-47(31-33-9-7-11-43(29-33)56(49,50)51)40-23-15-36(16-24-40)45(35-13-19-38(20-14-35)46-39-21-27-42(28-22-39)55-6-3)37-17-25-41(26-18-37)48(5-2)32-34-10-8-12-44(30-34)57(52,53)54;/h7-30H,4-6,31-32H2,1-3H3,(H2,49,50,51,52,53,54);/p+1. The van der Waals surface area contributed by atoms with Gasteiger partial charge in [0, 0.05) is 77.4 Å². The summed E-state index contributed by atoms with van der Waals surface area (Å²) in [6.07, 6.45) is 8.29. The summed E-state index contributed by atoms with van der Waals surface area (Å²) in [5.41, 5.74) is 9.34. The van der Waals surface area contributed by atoms with Crippen molar-refractivity contribution in [3.05, 3.63) is 173 Å². The van der Waals surface area contributed by atoms with E-state index in [1.54, 1.807) is 12.1 Å². The van der Waals surface area contributed by atoms with Crippen LogP contribution >= 0.6 is 0 Å². The SMILES string of the molecule is CCOc1ccc(Nc2ccc(C(=C3C=CC(=[N+](CC)Cc4cccc(S(=O)(=O)O)c4)C=C3)c3ccc(N(CC)Cc4cccc(S(=O)(=O)O)c4)cc3)cc2)cc1.[Na]. The molecule has 10 nitrogen and oxygen atoms in total. The van der Waals surface area contributed by atoms with Gasteiger partial charge in [-0.15, -0.1) is 0 Å². The van der Waals surface area contributed by atoms with E-state index in [4.69, 9.17) is 4.74 Å². The third-order valence-corrected chi connectivity index (χ3v) is 11.3. The average molecular weight is 828 g/mol. The van der Waals surface area contributed by atoms with Crippen LogP contribution in [0.3, 0.4) is 0 Å². The van der Waals surface area contributed by atoms with Crippen LogP contribution in [-0.2, 0) is 33.3 Å². The van der Waals surface area contributed by atoms with Crippen molar-refractivity contribution >= 4 is 78.1 Å². The minimum atomic E-state index is -4.31. The molecule has 0 atom stereocenters. The Kier molecular flexibility index (Phi) is 15.1. The number of nitrogens with one attached hydrogen (secondary N) is 1. The molecule has 0 aliphatic heterocycles. The van der Waals surface area contributed by atoms with Crippen LogP contribution in [-0.4, -0.2) is 85.5 Å². The van der Waals surface area contributed by atoms with E-state index in [0.717, 1.165) is 61.9 Å². The number of rotatable bonds is 15. The monoisotopic (exact) mass is 827 g/mol. The fraction of sp³-hybridized carbons (Fsp3) is 0.178. The van der Waals surface area contributed by atoms with Crippen molar-refractivity contribution in [1.29, 1.82) is 0 Å². The second-order valence-electron chi connectivity index (χ2n) is 13.4. The van der Waals surface area contributed by atoms with E-state index in [1.165, 1.54) is 24.3 Å². The average Bonchev–Trinajstić information content (AvgIpc) is 3.21. The van der Waals surface area contributed by atoms with Gasteiger partial charge in [-0.2, -0.15) is 16.8 Å². The Morgan fingerprint density at radius 2 is 1.19 bits per heavy atom. The fourth-order valence-corrected chi connectivity index (χ4v) is 7.79. The zero-order chi connectivity index (χ0) is 40.6. The second kappa shape index (κ2) is 19.8. The Balaban J connectivity index is 0.00000641. The molecule has 1 aliphatic carbocycles. The number of hydrogen-bond acceptors (Lipinski definition) is 7. The van der Waals surface area contributed by atoms with Gasteiger partial charge < -0.3 is 15.0 Å². The molecule has 0 heterocycles. The van der Waals surface area contributed by atoms with Crippen LogP contribution in [0.5, 0.6) is 5.75 Å². The number of allylic oxidation sites excluding steroid dienone is 5. The molecule has 0 bridgehead atoms. The summed E-state index contributed by atoms with van der Waals surface area (Å²) in [6.45, 7) is 8.88. The maximum atomic E-state index is 11.8. The summed E-state index contributed by atoms with van der Waals surface area (Å²) in [5.74, 6) is 0.816. The van der Waals surface area contributed by atoms with Crippen molar-refractivity contribution < 1.29 is 35.3 Å². The van der Waals surface area contributed by atoms with Gasteiger partial charge in [0.05, 0.1) is 16.4 Å². The predicted molar refractivity (Wildman–Crippen MR) is 233 cm³/mol. The molecule has 0 amide bonds. The molecule has 5 aromatic rings. The molecule has 0 unspecified atom stereocenters. The Labute approximate surface area is 363 Å². The smallest absolute Gasteiger partial charge is 0.294 e. The van der Waals surface area contributed by atoms with Crippen LogP contribution in [0.1, 0.15) is 43.0 Å². The number of nitrogens with zero attached hydrogens (tertiary/aromatic N) is 2. The van der Waals surface area contributed by atoms with Crippen LogP contribution in [0, 0.1) is 0 Å². The van der Waals surface area contributed by atoms with Gasteiger partial charge in [-0.1, -0.05) is 48.5 Å². The topological polar surface area (TPSA) is 136 Å². The largest absolute Gasteiger partial charge is 0.494 e. The van der Waals surface area contributed by atoms with Crippen molar-refractivity contribution in [3.63, 3.8) is 0 Å². The normalized spacial score (nSPS) is 12.5. The van der Waals surface area contributed by atoms with E-state index >= 15 is 0 Å². The van der Waals surface area contributed by atoms with Crippen molar-refractivity contribution in [1.82, 2.24) is 0 Å². The van der Waals surface area contributed by atoms with Gasteiger partial charge in [0.2, 0.25) is 0 Å². The maximum Gasteiger partial charge on any atom is 0.294 e. The van der Waals surface area contributed by atoms with Gasteiger partial charge in [0.15, 0.2) is 12.3 Å². The first-order chi connectivity index (χ1) is 27.3. The Morgan fingerprint density at radius 1 is 0.672 bits per heavy atom. The molecule has 295 valence electrons. The van der Waals surface area contributed by atoms with Crippen LogP contribution in [0.25, 0.3) is 5.57 Å². The van der Waals surface area contributed by atoms with Gasteiger partial charge in [0.25, 0.3) is 20.2 Å². The molecule has 0 fully saturated rings. The summed E-state index contributed by atoms with van der Waals surface area (Å²) < 4.78 is 73.9. The molecule has 0 saturated heterocycles. The summed E-state index contributed by atoms with van der Waals surface area (Å²) in [7, 11) is -8.63. The maximum absolute atomic E-state index is 11.8. The van der Waals surface area contributed by atoms with E-state index in [2.05, 4.69) is 75.5 Å². The van der Waals surface area contributed by atoms with Gasteiger partial charge in [-0.3, -0.25) is 9.11 Å². The first kappa shape index (κ1) is 44.3.